The summed E-state index contributed by atoms with van der Waals surface area (Å²) >= 11 is 0. The van der Waals surface area contributed by atoms with Gasteiger partial charge in [-0.2, -0.15) is 5.26 Å². The van der Waals surface area contributed by atoms with Gasteiger partial charge in [-0.3, -0.25) is 4.79 Å². The van der Waals surface area contributed by atoms with Gasteiger partial charge in [0.05, 0.1) is 37.3 Å². The third-order valence-corrected chi connectivity index (χ3v) is 3.16. The Morgan fingerprint density at radius 2 is 2.14 bits per heavy atom. The standard InChI is InChI=1S/C14H15N3O4/c15-8-10-1-3-11(4-2-10)16-14(20)17-5-6-21-9-12(17)7-13(18)19/h1-4,12H,5-7,9H2,(H,16,20)(H,18,19). The number of hydrogen-bond donors (Lipinski definition) is 2. The second-order valence-electron chi connectivity index (χ2n) is 4.64. The average Bonchev–Trinajstić information content (AvgIpc) is 2.48. The topological polar surface area (TPSA) is 103 Å². The van der Waals surface area contributed by atoms with Crippen molar-refractivity contribution in [1.29, 1.82) is 5.26 Å². The number of carboxylic acid groups (broad SMARTS) is 1. The number of benzene rings is 1. The lowest BCUT2D eigenvalue weighted by atomic mass is 10.1. The fourth-order valence-corrected chi connectivity index (χ4v) is 2.12. The lowest BCUT2D eigenvalue weighted by Crippen LogP contribution is -2.51. The molecule has 110 valence electrons. The summed E-state index contributed by atoms with van der Waals surface area (Å²) in [5.41, 5.74) is 1.06. The van der Waals surface area contributed by atoms with Crippen molar-refractivity contribution in [2.24, 2.45) is 0 Å². The number of aliphatic carboxylic acids is 1. The minimum atomic E-state index is -0.971. The van der Waals surface area contributed by atoms with Crippen LogP contribution in [0.2, 0.25) is 0 Å². The highest BCUT2D eigenvalue weighted by Crippen LogP contribution is 2.15. The van der Waals surface area contributed by atoms with Crippen molar-refractivity contribution in [3.05, 3.63) is 29.8 Å². The summed E-state index contributed by atoms with van der Waals surface area (Å²) < 4.78 is 5.22. The first kappa shape index (κ1) is 14.8. The molecule has 1 aromatic carbocycles. The van der Waals surface area contributed by atoms with Crippen molar-refractivity contribution in [3.8, 4) is 6.07 Å². The molecule has 0 saturated carbocycles. The summed E-state index contributed by atoms with van der Waals surface area (Å²) in [5, 5.41) is 20.3. The van der Waals surface area contributed by atoms with Crippen molar-refractivity contribution >= 4 is 17.7 Å². The van der Waals surface area contributed by atoms with Gasteiger partial charge in [0.25, 0.3) is 0 Å². The van der Waals surface area contributed by atoms with Crippen molar-refractivity contribution < 1.29 is 19.4 Å². The maximum Gasteiger partial charge on any atom is 0.322 e. The molecule has 7 nitrogen and oxygen atoms in total. The summed E-state index contributed by atoms with van der Waals surface area (Å²) in [5.74, 6) is -0.971. The molecule has 1 aliphatic heterocycles. The number of carbonyl (C=O) groups is 2. The van der Waals surface area contributed by atoms with Crippen LogP contribution in [0.15, 0.2) is 24.3 Å². The van der Waals surface area contributed by atoms with E-state index in [4.69, 9.17) is 15.1 Å². The number of nitrogens with zero attached hydrogens (tertiary/aromatic N) is 2. The molecule has 1 unspecified atom stereocenters. The molecule has 0 spiro atoms. The number of nitriles is 1. The maximum absolute atomic E-state index is 12.2. The van der Waals surface area contributed by atoms with E-state index < -0.39 is 12.0 Å². The molecule has 1 saturated heterocycles. The number of carboxylic acids is 1. The Morgan fingerprint density at radius 3 is 2.76 bits per heavy atom. The number of urea groups is 1. The van der Waals surface area contributed by atoms with Crippen molar-refractivity contribution in [2.45, 2.75) is 12.5 Å². The van der Waals surface area contributed by atoms with E-state index in [0.717, 1.165) is 0 Å². The van der Waals surface area contributed by atoms with Gasteiger partial charge in [0.15, 0.2) is 0 Å². The average molecular weight is 289 g/mol. The van der Waals surface area contributed by atoms with Gasteiger partial charge < -0.3 is 20.1 Å². The monoisotopic (exact) mass is 289 g/mol. The molecule has 7 heteroatoms. The fourth-order valence-electron chi connectivity index (χ4n) is 2.12. The molecule has 21 heavy (non-hydrogen) atoms. The SMILES string of the molecule is N#Cc1ccc(NC(=O)N2CCOCC2CC(=O)O)cc1. The molecule has 2 amide bonds. The number of nitrogens with one attached hydrogen (secondary N) is 1. The van der Waals surface area contributed by atoms with Crippen LogP contribution in [0.25, 0.3) is 0 Å². The highest BCUT2D eigenvalue weighted by molar-refractivity contribution is 5.90. The van der Waals surface area contributed by atoms with Gasteiger partial charge in [-0.05, 0) is 24.3 Å². The van der Waals surface area contributed by atoms with Crippen LogP contribution in [0.4, 0.5) is 10.5 Å². The zero-order chi connectivity index (χ0) is 15.2. The van der Waals surface area contributed by atoms with Crippen LogP contribution in [-0.4, -0.2) is 47.8 Å². The molecule has 0 bridgehead atoms. The largest absolute Gasteiger partial charge is 0.481 e. The summed E-state index contributed by atoms with van der Waals surface area (Å²) in [6, 6.07) is 7.61. The molecule has 1 fully saturated rings. The van der Waals surface area contributed by atoms with E-state index in [0.29, 0.717) is 24.4 Å². The smallest absolute Gasteiger partial charge is 0.322 e. The zero-order valence-corrected chi connectivity index (χ0v) is 11.3. The first-order valence-corrected chi connectivity index (χ1v) is 6.47. The van der Waals surface area contributed by atoms with Gasteiger partial charge in [0, 0.05) is 12.2 Å². The molecule has 2 N–H and O–H groups in total. The predicted molar refractivity (Wildman–Crippen MR) is 73.7 cm³/mol. The van der Waals surface area contributed by atoms with Crippen LogP contribution in [-0.2, 0) is 9.53 Å². The second kappa shape index (κ2) is 6.72. The Morgan fingerprint density at radius 1 is 1.43 bits per heavy atom. The Balaban J connectivity index is 2.02. The number of rotatable bonds is 3. The number of amides is 2. The third kappa shape index (κ3) is 3.94. The molecule has 1 atom stereocenters. The van der Waals surface area contributed by atoms with Gasteiger partial charge in [-0.15, -0.1) is 0 Å². The number of anilines is 1. The lowest BCUT2D eigenvalue weighted by molar-refractivity contribution is -0.139. The van der Waals surface area contributed by atoms with Gasteiger partial charge in [0.1, 0.15) is 0 Å². The summed E-state index contributed by atoms with van der Waals surface area (Å²) in [6.45, 7) is 0.948. The summed E-state index contributed by atoms with van der Waals surface area (Å²) in [6.07, 6.45) is -0.152. The van der Waals surface area contributed by atoms with E-state index in [1.54, 1.807) is 24.3 Å². The van der Waals surface area contributed by atoms with Gasteiger partial charge in [0.2, 0.25) is 0 Å². The Bertz CT molecular complexity index is 565. The van der Waals surface area contributed by atoms with Gasteiger partial charge in [-0.25, -0.2) is 4.79 Å². The fraction of sp³-hybridized carbons (Fsp3) is 0.357. The molecular formula is C14H15N3O4. The lowest BCUT2D eigenvalue weighted by Gasteiger charge is -2.34. The predicted octanol–water partition coefficient (Wildman–Crippen LogP) is 1.27. The third-order valence-electron chi connectivity index (χ3n) is 3.16. The minimum Gasteiger partial charge on any atom is -0.481 e. The number of morpholine rings is 1. The van der Waals surface area contributed by atoms with Crippen LogP contribution in [0.5, 0.6) is 0 Å². The van der Waals surface area contributed by atoms with Crippen LogP contribution in [0, 0.1) is 11.3 Å². The quantitative estimate of drug-likeness (QED) is 0.872. The van der Waals surface area contributed by atoms with Crippen LogP contribution >= 0.6 is 0 Å². The Kier molecular flexibility index (Phi) is 4.74. The normalized spacial score (nSPS) is 17.9. The Hall–Kier alpha value is -2.59. The first-order valence-electron chi connectivity index (χ1n) is 6.47. The molecular weight excluding hydrogens is 274 g/mol. The number of hydrogen-bond acceptors (Lipinski definition) is 4. The molecule has 1 aromatic rings. The van der Waals surface area contributed by atoms with E-state index >= 15 is 0 Å². The highest BCUT2D eigenvalue weighted by Gasteiger charge is 2.29. The van der Waals surface area contributed by atoms with Crippen LogP contribution in [0.1, 0.15) is 12.0 Å². The Labute approximate surface area is 121 Å². The van der Waals surface area contributed by atoms with E-state index in [9.17, 15) is 9.59 Å². The van der Waals surface area contributed by atoms with E-state index in [1.165, 1.54) is 4.90 Å². The molecule has 0 radical (unpaired) electrons. The molecule has 2 rings (SSSR count). The molecule has 1 heterocycles. The number of ether oxygens (including phenoxy) is 1. The van der Waals surface area contributed by atoms with E-state index in [-0.39, 0.29) is 19.1 Å². The first-order chi connectivity index (χ1) is 10.1. The minimum absolute atomic E-state index is 0.152. The van der Waals surface area contributed by atoms with Crippen molar-refractivity contribution in [2.75, 3.05) is 25.1 Å². The van der Waals surface area contributed by atoms with Crippen molar-refractivity contribution in [3.63, 3.8) is 0 Å². The molecule has 0 aliphatic carbocycles. The summed E-state index contributed by atoms with van der Waals surface area (Å²) in [7, 11) is 0. The maximum atomic E-state index is 12.2. The van der Waals surface area contributed by atoms with Crippen LogP contribution in [0.3, 0.4) is 0 Å². The van der Waals surface area contributed by atoms with Gasteiger partial charge >= 0.3 is 12.0 Å². The summed E-state index contributed by atoms with van der Waals surface area (Å²) in [4.78, 5) is 24.5. The highest BCUT2D eigenvalue weighted by atomic mass is 16.5. The van der Waals surface area contributed by atoms with Crippen molar-refractivity contribution in [1.82, 2.24) is 4.90 Å². The second-order valence-corrected chi connectivity index (χ2v) is 4.64. The number of carbonyl (C=O) groups excluding carboxylic acids is 1. The van der Waals surface area contributed by atoms with E-state index in [2.05, 4.69) is 5.32 Å². The molecule has 1 aliphatic rings. The van der Waals surface area contributed by atoms with Gasteiger partial charge in [-0.1, -0.05) is 0 Å². The van der Waals surface area contributed by atoms with Crippen LogP contribution < -0.4 is 5.32 Å². The zero-order valence-electron chi connectivity index (χ0n) is 11.3. The molecule has 0 aromatic heterocycles. The van der Waals surface area contributed by atoms with E-state index in [1.807, 2.05) is 6.07 Å².